The van der Waals surface area contributed by atoms with Crippen LogP contribution in [-0.4, -0.2) is 24.0 Å². The summed E-state index contributed by atoms with van der Waals surface area (Å²) in [6.07, 6.45) is 7.30. The zero-order valence-electron chi connectivity index (χ0n) is 7.77. The number of nitrogens with zero attached hydrogens (tertiary/aromatic N) is 1. The minimum atomic E-state index is 0.582. The Labute approximate surface area is 69.8 Å². The van der Waals surface area contributed by atoms with Crippen LogP contribution in [0.1, 0.15) is 39.0 Å². The summed E-state index contributed by atoms with van der Waals surface area (Å²) in [4.78, 5) is 2.59. The van der Waals surface area contributed by atoms with E-state index in [1.54, 1.807) is 0 Å². The molecule has 2 unspecified atom stereocenters. The van der Waals surface area contributed by atoms with Crippen molar-refractivity contribution in [1.29, 1.82) is 0 Å². The highest BCUT2D eigenvalue weighted by atomic mass is 15.2. The monoisotopic (exact) mass is 153 g/mol. The fraction of sp³-hybridized carbons (Fsp3) is 1.00. The van der Waals surface area contributed by atoms with E-state index in [4.69, 9.17) is 0 Å². The van der Waals surface area contributed by atoms with E-state index in [1.165, 1.54) is 38.6 Å². The molecule has 0 N–H and O–H groups in total. The molecule has 1 saturated carbocycles. The largest absolute Gasteiger partial charge is 0.301 e. The van der Waals surface area contributed by atoms with Crippen LogP contribution in [0.5, 0.6) is 0 Å². The maximum atomic E-state index is 2.59. The molecule has 2 rings (SSSR count). The normalized spacial score (nSPS) is 45.8. The molecular weight excluding hydrogens is 134 g/mol. The summed E-state index contributed by atoms with van der Waals surface area (Å²) in [5, 5.41) is 0. The summed E-state index contributed by atoms with van der Waals surface area (Å²) in [6, 6.07) is 0. The standard InChI is InChI=1S/C10H19N/c1-10-7-3-5-9(10)6-4-8-11(10)2/h9H,3-8H2,1-2H3. The van der Waals surface area contributed by atoms with Gasteiger partial charge in [0.05, 0.1) is 0 Å². The van der Waals surface area contributed by atoms with Crippen LogP contribution in [0.15, 0.2) is 0 Å². The van der Waals surface area contributed by atoms with Crippen LogP contribution in [0.2, 0.25) is 0 Å². The smallest absolute Gasteiger partial charge is 0.0206 e. The number of likely N-dealkylation sites (tertiary alicyclic amines) is 1. The first-order valence-corrected chi connectivity index (χ1v) is 4.95. The van der Waals surface area contributed by atoms with Crippen LogP contribution in [0.25, 0.3) is 0 Å². The Morgan fingerprint density at radius 1 is 1.27 bits per heavy atom. The molecule has 64 valence electrons. The van der Waals surface area contributed by atoms with Gasteiger partial charge in [-0.3, -0.25) is 0 Å². The van der Waals surface area contributed by atoms with Gasteiger partial charge in [-0.15, -0.1) is 0 Å². The number of hydrogen-bond acceptors (Lipinski definition) is 1. The molecule has 0 radical (unpaired) electrons. The lowest BCUT2D eigenvalue weighted by Gasteiger charge is -2.44. The fourth-order valence-corrected chi connectivity index (χ4v) is 3.01. The van der Waals surface area contributed by atoms with Crippen LogP contribution in [-0.2, 0) is 0 Å². The first-order valence-electron chi connectivity index (χ1n) is 4.95. The average molecular weight is 153 g/mol. The highest BCUT2D eigenvalue weighted by Crippen LogP contribution is 2.44. The minimum Gasteiger partial charge on any atom is -0.301 e. The van der Waals surface area contributed by atoms with Crippen LogP contribution in [0.4, 0.5) is 0 Å². The summed E-state index contributed by atoms with van der Waals surface area (Å²) >= 11 is 0. The van der Waals surface area contributed by atoms with E-state index >= 15 is 0 Å². The van der Waals surface area contributed by atoms with Gasteiger partial charge < -0.3 is 4.90 Å². The van der Waals surface area contributed by atoms with E-state index in [0.717, 1.165) is 5.92 Å². The van der Waals surface area contributed by atoms with Crippen molar-refractivity contribution in [3.63, 3.8) is 0 Å². The quantitative estimate of drug-likeness (QED) is 0.516. The van der Waals surface area contributed by atoms with E-state index in [2.05, 4.69) is 18.9 Å². The number of piperidine rings is 1. The number of fused-ring (bicyclic) bond motifs is 1. The van der Waals surface area contributed by atoms with Gasteiger partial charge in [0.15, 0.2) is 0 Å². The Morgan fingerprint density at radius 2 is 2.00 bits per heavy atom. The minimum absolute atomic E-state index is 0.582. The summed E-state index contributed by atoms with van der Waals surface area (Å²) in [7, 11) is 2.30. The summed E-state index contributed by atoms with van der Waals surface area (Å²) < 4.78 is 0. The van der Waals surface area contributed by atoms with Crippen molar-refractivity contribution in [2.24, 2.45) is 5.92 Å². The zero-order chi connectivity index (χ0) is 7.90. The number of rotatable bonds is 0. The molecule has 2 atom stereocenters. The second-order valence-corrected chi connectivity index (χ2v) is 4.51. The molecule has 1 nitrogen and oxygen atoms in total. The predicted molar refractivity (Wildman–Crippen MR) is 47.6 cm³/mol. The zero-order valence-corrected chi connectivity index (χ0v) is 7.77. The van der Waals surface area contributed by atoms with Crippen molar-refractivity contribution in [1.82, 2.24) is 4.90 Å². The molecule has 1 aliphatic heterocycles. The average Bonchev–Trinajstić information content (AvgIpc) is 2.34. The summed E-state index contributed by atoms with van der Waals surface area (Å²) in [5.74, 6) is 1.02. The maximum absolute atomic E-state index is 2.59. The van der Waals surface area contributed by atoms with Gasteiger partial charge >= 0.3 is 0 Å². The van der Waals surface area contributed by atoms with Crippen molar-refractivity contribution in [3.8, 4) is 0 Å². The number of hydrogen-bond donors (Lipinski definition) is 0. The summed E-state index contributed by atoms with van der Waals surface area (Å²) in [6.45, 7) is 3.79. The van der Waals surface area contributed by atoms with Gasteiger partial charge in [0.25, 0.3) is 0 Å². The van der Waals surface area contributed by atoms with E-state index in [-0.39, 0.29) is 0 Å². The second-order valence-electron chi connectivity index (χ2n) is 4.51. The van der Waals surface area contributed by atoms with Crippen molar-refractivity contribution < 1.29 is 0 Å². The second kappa shape index (κ2) is 2.48. The van der Waals surface area contributed by atoms with Crippen LogP contribution >= 0.6 is 0 Å². The third-order valence-electron chi connectivity index (χ3n) is 4.03. The summed E-state index contributed by atoms with van der Waals surface area (Å²) in [5.41, 5.74) is 0.582. The topological polar surface area (TPSA) is 3.24 Å². The van der Waals surface area contributed by atoms with E-state index in [9.17, 15) is 0 Å². The first kappa shape index (κ1) is 7.60. The van der Waals surface area contributed by atoms with Crippen LogP contribution < -0.4 is 0 Å². The van der Waals surface area contributed by atoms with E-state index in [1.807, 2.05) is 0 Å². The molecule has 1 heterocycles. The lowest BCUT2D eigenvalue weighted by molar-refractivity contribution is 0.0530. The molecular formula is C10H19N. The Morgan fingerprint density at radius 3 is 2.73 bits per heavy atom. The maximum Gasteiger partial charge on any atom is 0.0206 e. The third-order valence-corrected chi connectivity index (χ3v) is 4.03. The van der Waals surface area contributed by atoms with Crippen molar-refractivity contribution in [3.05, 3.63) is 0 Å². The SMILES string of the molecule is CN1CCCC2CCCC21C. The van der Waals surface area contributed by atoms with Gasteiger partial charge in [0, 0.05) is 5.54 Å². The van der Waals surface area contributed by atoms with Crippen LogP contribution in [0, 0.1) is 5.92 Å². The van der Waals surface area contributed by atoms with Gasteiger partial charge in [-0.25, -0.2) is 0 Å². The van der Waals surface area contributed by atoms with Gasteiger partial charge in [-0.2, -0.15) is 0 Å². The van der Waals surface area contributed by atoms with Crippen molar-refractivity contribution in [2.75, 3.05) is 13.6 Å². The molecule has 0 amide bonds. The Bertz CT molecular complexity index is 155. The molecule has 0 bridgehead atoms. The predicted octanol–water partition coefficient (Wildman–Crippen LogP) is 2.27. The molecule has 2 fully saturated rings. The van der Waals surface area contributed by atoms with E-state index < -0.39 is 0 Å². The Kier molecular flexibility index (Phi) is 1.71. The van der Waals surface area contributed by atoms with Crippen molar-refractivity contribution in [2.45, 2.75) is 44.6 Å². The fourth-order valence-electron chi connectivity index (χ4n) is 3.01. The van der Waals surface area contributed by atoms with Gasteiger partial charge in [0.1, 0.15) is 0 Å². The lowest BCUT2D eigenvalue weighted by atomic mass is 9.81. The molecule has 1 aliphatic carbocycles. The molecule has 0 spiro atoms. The van der Waals surface area contributed by atoms with Crippen molar-refractivity contribution >= 4 is 0 Å². The van der Waals surface area contributed by atoms with E-state index in [0.29, 0.717) is 5.54 Å². The molecule has 1 heteroatoms. The highest BCUT2D eigenvalue weighted by molar-refractivity contribution is 4.98. The molecule has 0 aromatic carbocycles. The molecule has 2 aliphatic rings. The Hall–Kier alpha value is -0.0400. The molecule has 0 aromatic rings. The first-order chi connectivity index (χ1) is 5.23. The molecule has 11 heavy (non-hydrogen) atoms. The molecule has 0 aromatic heterocycles. The van der Waals surface area contributed by atoms with Gasteiger partial charge in [-0.1, -0.05) is 6.42 Å². The third kappa shape index (κ3) is 1.01. The molecule has 1 saturated heterocycles. The van der Waals surface area contributed by atoms with Crippen LogP contribution in [0.3, 0.4) is 0 Å². The Balaban J connectivity index is 2.17. The highest BCUT2D eigenvalue weighted by Gasteiger charge is 2.43. The lowest BCUT2D eigenvalue weighted by Crippen LogP contribution is -2.50. The van der Waals surface area contributed by atoms with Gasteiger partial charge in [0.2, 0.25) is 0 Å². The van der Waals surface area contributed by atoms with Gasteiger partial charge in [-0.05, 0) is 52.1 Å².